The molecule has 0 aliphatic carbocycles. The van der Waals surface area contributed by atoms with Crippen LogP contribution in [0.2, 0.25) is 0 Å². The van der Waals surface area contributed by atoms with Gasteiger partial charge in [0.05, 0.1) is 24.9 Å². The predicted octanol–water partition coefficient (Wildman–Crippen LogP) is 1.92. The number of pyridine rings is 2. The molecule has 138 valence electrons. The van der Waals surface area contributed by atoms with E-state index in [2.05, 4.69) is 20.2 Å². The monoisotopic (exact) mass is 366 g/mol. The second kappa shape index (κ2) is 6.35. The van der Waals surface area contributed by atoms with Crippen molar-refractivity contribution in [2.24, 2.45) is 0 Å². The van der Waals surface area contributed by atoms with Crippen molar-refractivity contribution in [3.63, 3.8) is 0 Å². The number of nitrogens with zero attached hydrogens (tertiary/aromatic N) is 6. The lowest BCUT2D eigenvalue weighted by atomic mass is 10.1. The Morgan fingerprint density at radius 1 is 1.26 bits per heavy atom. The van der Waals surface area contributed by atoms with Crippen molar-refractivity contribution in [3.05, 3.63) is 57.7 Å². The molecule has 4 aromatic heterocycles. The third kappa shape index (κ3) is 2.77. The molecular weight excluding hydrogens is 348 g/mol. The van der Waals surface area contributed by atoms with Gasteiger partial charge in [-0.3, -0.25) is 4.98 Å². The van der Waals surface area contributed by atoms with E-state index >= 15 is 0 Å². The zero-order chi connectivity index (χ0) is 19.1. The van der Waals surface area contributed by atoms with E-state index in [1.54, 1.807) is 38.6 Å². The van der Waals surface area contributed by atoms with Crippen LogP contribution in [0.3, 0.4) is 0 Å². The molecule has 4 aromatic rings. The normalized spacial score (nSPS) is 11.3. The van der Waals surface area contributed by atoms with Gasteiger partial charge in [-0.05, 0) is 32.9 Å². The fraction of sp³-hybridized carbons (Fsp3) is 0.278. The van der Waals surface area contributed by atoms with Crippen molar-refractivity contribution in [2.45, 2.75) is 27.3 Å². The average Bonchev–Trinajstić information content (AvgIpc) is 3.22. The lowest BCUT2D eigenvalue weighted by molar-refractivity contribution is 0.406. The van der Waals surface area contributed by atoms with Gasteiger partial charge in [0.25, 0.3) is 5.89 Å². The molecule has 0 saturated heterocycles. The van der Waals surface area contributed by atoms with Crippen molar-refractivity contribution in [2.75, 3.05) is 7.11 Å². The van der Waals surface area contributed by atoms with E-state index in [-0.39, 0.29) is 12.2 Å². The van der Waals surface area contributed by atoms with Crippen molar-refractivity contribution in [3.8, 4) is 17.2 Å². The predicted molar refractivity (Wildman–Crippen MR) is 96.8 cm³/mol. The van der Waals surface area contributed by atoms with Gasteiger partial charge in [0.1, 0.15) is 5.75 Å². The highest BCUT2D eigenvalue weighted by Gasteiger charge is 2.17. The molecule has 4 rings (SSSR count). The maximum Gasteiger partial charge on any atom is 0.350 e. The molecule has 9 nitrogen and oxygen atoms in total. The van der Waals surface area contributed by atoms with Crippen LogP contribution in [-0.2, 0) is 6.54 Å². The Morgan fingerprint density at radius 2 is 2.07 bits per heavy atom. The lowest BCUT2D eigenvalue weighted by Gasteiger charge is -2.11. The summed E-state index contributed by atoms with van der Waals surface area (Å²) in [6.45, 7) is 5.81. The summed E-state index contributed by atoms with van der Waals surface area (Å²) in [7, 11) is 1.62. The topological polar surface area (TPSA) is 100 Å². The second-order valence-electron chi connectivity index (χ2n) is 6.25. The molecule has 0 bridgehead atoms. The molecule has 0 aliphatic heterocycles. The first-order chi connectivity index (χ1) is 13.0. The number of methoxy groups -OCH3 is 1. The van der Waals surface area contributed by atoms with Crippen molar-refractivity contribution < 1.29 is 9.26 Å². The summed E-state index contributed by atoms with van der Waals surface area (Å²) >= 11 is 0. The van der Waals surface area contributed by atoms with Crippen LogP contribution < -0.4 is 10.4 Å². The number of hydrogen-bond acceptors (Lipinski definition) is 7. The first-order valence-electron chi connectivity index (χ1n) is 8.37. The highest BCUT2D eigenvalue weighted by Crippen LogP contribution is 2.25. The summed E-state index contributed by atoms with van der Waals surface area (Å²) in [5.41, 5.74) is 3.31. The molecule has 0 atom stereocenters. The molecule has 0 saturated carbocycles. The fourth-order valence-corrected chi connectivity index (χ4v) is 3.09. The molecule has 4 heterocycles. The van der Waals surface area contributed by atoms with Crippen molar-refractivity contribution >= 4 is 5.65 Å². The van der Waals surface area contributed by atoms with E-state index in [4.69, 9.17) is 9.26 Å². The Kier molecular flexibility index (Phi) is 3.98. The molecule has 0 aliphatic rings. The van der Waals surface area contributed by atoms with Crippen LogP contribution in [0.15, 0.2) is 33.8 Å². The molecule has 0 radical (unpaired) electrons. The van der Waals surface area contributed by atoms with Gasteiger partial charge in [-0.25, -0.2) is 13.9 Å². The Bertz CT molecular complexity index is 1200. The van der Waals surface area contributed by atoms with E-state index in [0.29, 0.717) is 22.9 Å². The third-order valence-corrected chi connectivity index (χ3v) is 4.42. The summed E-state index contributed by atoms with van der Waals surface area (Å²) in [4.78, 5) is 21.5. The number of aromatic nitrogens is 6. The summed E-state index contributed by atoms with van der Waals surface area (Å²) in [6.07, 6.45) is 3.39. The number of hydrogen-bond donors (Lipinski definition) is 0. The summed E-state index contributed by atoms with van der Waals surface area (Å²) in [5.74, 6) is 1.60. The fourth-order valence-electron chi connectivity index (χ4n) is 3.09. The average molecular weight is 366 g/mol. The minimum absolute atomic E-state index is 0.227. The van der Waals surface area contributed by atoms with Crippen LogP contribution in [0.1, 0.15) is 22.6 Å². The van der Waals surface area contributed by atoms with Crippen LogP contribution in [0.5, 0.6) is 5.75 Å². The summed E-state index contributed by atoms with van der Waals surface area (Å²) in [5, 5.41) is 8.27. The zero-order valence-corrected chi connectivity index (χ0v) is 15.4. The largest absolute Gasteiger partial charge is 0.496 e. The molecular formula is C18H18N6O3. The molecule has 0 spiro atoms. The Morgan fingerprint density at radius 3 is 2.78 bits per heavy atom. The highest BCUT2D eigenvalue weighted by molar-refractivity contribution is 5.70. The first-order valence-corrected chi connectivity index (χ1v) is 8.37. The van der Waals surface area contributed by atoms with Gasteiger partial charge in [-0.1, -0.05) is 5.16 Å². The maximum atomic E-state index is 12.8. The second-order valence-corrected chi connectivity index (χ2v) is 6.25. The molecule has 9 heteroatoms. The maximum absolute atomic E-state index is 12.8. The third-order valence-electron chi connectivity index (χ3n) is 4.42. The molecule has 0 fully saturated rings. The van der Waals surface area contributed by atoms with E-state index in [1.807, 2.05) is 13.8 Å². The molecule has 0 N–H and O–H groups in total. The number of aryl methyl sites for hydroxylation is 2. The number of fused-ring (bicyclic) bond motifs is 1. The molecule has 27 heavy (non-hydrogen) atoms. The van der Waals surface area contributed by atoms with Crippen LogP contribution in [-0.4, -0.2) is 36.4 Å². The molecule has 0 amide bonds. The molecule has 0 aromatic carbocycles. The molecule has 0 unspecified atom stereocenters. The van der Waals surface area contributed by atoms with E-state index in [1.165, 1.54) is 9.08 Å². The SMILES string of the molecule is COc1c(C)cnc(Cn2nc3c(-c4nc(C)no4)cccn3c2=O)c1C. The quantitative estimate of drug-likeness (QED) is 0.544. The Hall–Kier alpha value is -3.49. The van der Waals surface area contributed by atoms with E-state index < -0.39 is 0 Å². The zero-order valence-electron chi connectivity index (χ0n) is 15.4. The Balaban J connectivity index is 1.83. The number of ether oxygens (including phenoxy) is 1. The van der Waals surface area contributed by atoms with Gasteiger partial charge in [0.15, 0.2) is 11.5 Å². The van der Waals surface area contributed by atoms with Gasteiger partial charge in [0.2, 0.25) is 0 Å². The van der Waals surface area contributed by atoms with Crippen molar-refractivity contribution in [1.29, 1.82) is 0 Å². The first kappa shape index (κ1) is 17.0. The lowest BCUT2D eigenvalue weighted by Crippen LogP contribution is -2.22. The van der Waals surface area contributed by atoms with Crippen LogP contribution in [0.25, 0.3) is 17.1 Å². The highest BCUT2D eigenvalue weighted by atomic mass is 16.5. The van der Waals surface area contributed by atoms with Crippen LogP contribution >= 0.6 is 0 Å². The smallest absolute Gasteiger partial charge is 0.350 e. The van der Waals surface area contributed by atoms with Gasteiger partial charge in [-0.15, -0.1) is 5.10 Å². The van der Waals surface area contributed by atoms with Crippen molar-refractivity contribution in [1.82, 2.24) is 29.3 Å². The summed E-state index contributed by atoms with van der Waals surface area (Å²) in [6, 6.07) is 3.53. The van der Waals surface area contributed by atoms with Gasteiger partial charge in [0, 0.05) is 23.5 Å². The van der Waals surface area contributed by atoms with Gasteiger partial charge < -0.3 is 9.26 Å². The number of rotatable bonds is 4. The van der Waals surface area contributed by atoms with E-state index in [0.717, 1.165) is 22.6 Å². The minimum atomic E-state index is -0.274. The van der Waals surface area contributed by atoms with Gasteiger partial charge >= 0.3 is 5.69 Å². The summed E-state index contributed by atoms with van der Waals surface area (Å²) < 4.78 is 13.5. The minimum Gasteiger partial charge on any atom is -0.496 e. The standard InChI is InChI=1S/C18H18N6O3/c1-10-8-19-14(11(2)15(10)26-4)9-24-18(25)23-7-5-6-13(16(23)21-24)17-20-12(3)22-27-17/h5-8H,9H2,1-4H3. The van der Waals surface area contributed by atoms with Gasteiger partial charge in [-0.2, -0.15) is 4.98 Å². The van der Waals surface area contributed by atoms with E-state index in [9.17, 15) is 4.79 Å². The van der Waals surface area contributed by atoms with Crippen LogP contribution in [0.4, 0.5) is 0 Å². The Labute approximate surface area is 154 Å². The van der Waals surface area contributed by atoms with Crippen LogP contribution in [0, 0.1) is 20.8 Å².